The van der Waals surface area contributed by atoms with E-state index in [1.54, 1.807) is 26.8 Å². The summed E-state index contributed by atoms with van der Waals surface area (Å²) in [6.07, 6.45) is 1.42. The number of hydrogen-bond acceptors (Lipinski definition) is 7. The number of ether oxygens (including phenoxy) is 4. The Morgan fingerprint density at radius 3 is 2.19 bits per heavy atom. The number of aromatic nitrogens is 1. The number of nitrogens with one attached hydrogen (secondary N) is 1. The number of nitrogens with zero attached hydrogens (tertiary/aromatic N) is 1. The zero-order chi connectivity index (χ0) is 26.0. The number of esters is 1. The van der Waals surface area contributed by atoms with Crippen LogP contribution in [-0.4, -0.2) is 42.4 Å². The summed E-state index contributed by atoms with van der Waals surface area (Å²) >= 11 is 0. The molecule has 8 nitrogen and oxygen atoms in total. The summed E-state index contributed by atoms with van der Waals surface area (Å²) in [5.74, 6) is -0.298. The van der Waals surface area contributed by atoms with Gasteiger partial charge < -0.3 is 24.3 Å². The van der Waals surface area contributed by atoms with E-state index in [0.29, 0.717) is 6.42 Å². The summed E-state index contributed by atoms with van der Waals surface area (Å²) < 4.78 is 22.2. The molecule has 1 heterocycles. The lowest BCUT2D eigenvalue weighted by atomic mass is 10.1. The third-order valence-corrected chi connectivity index (χ3v) is 4.97. The van der Waals surface area contributed by atoms with Gasteiger partial charge in [0, 0.05) is 6.20 Å². The minimum atomic E-state index is -0.642. The second-order valence-electron chi connectivity index (χ2n) is 9.10. The zero-order valence-electron chi connectivity index (χ0n) is 21.0. The van der Waals surface area contributed by atoms with E-state index in [-0.39, 0.29) is 30.4 Å². The number of amides is 1. The highest BCUT2D eigenvalue weighted by atomic mass is 16.6. The molecule has 8 heteroatoms. The van der Waals surface area contributed by atoms with E-state index in [4.69, 9.17) is 18.9 Å². The van der Waals surface area contributed by atoms with Gasteiger partial charge in [0.25, 0.3) is 0 Å². The monoisotopic (exact) mass is 492 g/mol. The van der Waals surface area contributed by atoms with E-state index in [9.17, 15) is 9.59 Å². The Kier molecular flexibility index (Phi) is 9.27. The highest BCUT2D eigenvalue weighted by molar-refractivity contribution is 5.95. The predicted molar refractivity (Wildman–Crippen MR) is 135 cm³/mol. The maximum Gasteiger partial charge on any atom is 0.408 e. The molecular weight excluding hydrogens is 460 g/mol. The van der Waals surface area contributed by atoms with Crippen LogP contribution in [0.25, 0.3) is 0 Å². The zero-order valence-corrected chi connectivity index (χ0v) is 21.0. The first kappa shape index (κ1) is 26.5. The molecule has 1 aromatic heterocycles. The topological polar surface area (TPSA) is 96.0 Å². The first-order valence-corrected chi connectivity index (χ1v) is 11.7. The van der Waals surface area contributed by atoms with Crippen molar-refractivity contribution >= 4 is 12.1 Å². The van der Waals surface area contributed by atoms with Gasteiger partial charge in [0.05, 0.1) is 13.2 Å². The normalized spacial score (nSPS) is 11.8. The van der Waals surface area contributed by atoms with E-state index in [0.717, 1.165) is 11.1 Å². The molecular formula is C28H32N2O6. The fourth-order valence-corrected chi connectivity index (χ4v) is 3.40. The summed E-state index contributed by atoms with van der Waals surface area (Å²) in [6, 6.07) is 20.2. The molecule has 0 fully saturated rings. The van der Waals surface area contributed by atoms with E-state index in [2.05, 4.69) is 10.3 Å². The molecule has 1 N–H and O–H groups in total. The summed E-state index contributed by atoms with van der Waals surface area (Å²) in [6.45, 7) is 5.55. The predicted octanol–water partition coefficient (Wildman–Crippen LogP) is 4.96. The summed E-state index contributed by atoms with van der Waals surface area (Å²) in [4.78, 5) is 29.6. The number of methoxy groups -OCH3 is 1. The average Bonchev–Trinajstić information content (AvgIpc) is 2.85. The van der Waals surface area contributed by atoms with Crippen LogP contribution in [0.3, 0.4) is 0 Å². The first-order valence-electron chi connectivity index (χ1n) is 11.7. The Hall–Kier alpha value is -4.07. The molecule has 36 heavy (non-hydrogen) atoms. The van der Waals surface area contributed by atoms with Crippen LogP contribution in [-0.2, 0) is 22.5 Å². The third kappa shape index (κ3) is 8.30. The molecule has 0 radical (unpaired) electrons. The number of carbonyl (C=O) groups excluding carboxylic acids is 2. The number of benzene rings is 2. The smallest absolute Gasteiger partial charge is 0.408 e. The Balaban J connectivity index is 1.76. The van der Waals surface area contributed by atoms with Crippen LogP contribution >= 0.6 is 0 Å². The van der Waals surface area contributed by atoms with Crippen molar-refractivity contribution in [3.05, 3.63) is 89.6 Å². The van der Waals surface area contributed by atoms with Crippen LogP contribution in [0.15, 0.2) is 72.9 Å². The van der Waals surface area contributed by atoms with Crippen molar-refractivity contribution < 1.29 is 28.5 Å². The molecule has 0 bridgehead atoms. The van der Waals surface area contributed by atoms with Gasteiger partial charge in [-0.2, -0.15) is 0 Å². The minimum Gasteiger partial charge on any atom is -0.490 e. The van der Waals surface area contributed by atoms with Crippen LogP contribution in [0.1, 0.15) is 42.3 Å². The number of rotatable bonds is 10. The molecule has 1 atom stereocenters. The van der Waals surface area contributed by atoms with Crippen molar-refractivity contribution in [2.75, 3.05) is 13.7 Å². The molecule has 0 aliphatic heterocycles. The number of hydrogen-bond donors (Lipinski definition) is 1. The molecule has 1 unspecified atom stereocenters. The molecule has 190 valence electrons. The highest BCUT2D eigenvalue weighted by Gasteiger charge is 2.24. The third-order valence-electron chi connectivity index (χ3n) is 4.97. The lowest BCUT2D eigenvalue weighted by Gasteiger charge is -2.24. The lowest BCUT2D eigenvalue weighted by Crippen LogP contribution is -2.43. The molecule has 1 amide bonds. The SMILES string of the molecule is COc1nccc(OCC(Cc2ccccc2)NC(=O)OC(C)(C)C)c1C(=O)OCc1ccccc1. The Morgan fingerprint density at radius 1 is 0.944 bits per heavy atom. The standard InChI is InChI=1S/C28H32N2O6/c1-28(2,3)36-27(32)30-22(17-20-11-7-5-8-12-20)19-34-23-15-16-29-25(33-4)24(23)26(31)35-18-21-13-9-6-10-14-21/h5-16,22H,17-19H2,1-4H3,(H,30,32). The van der Waals surface area contributed by atoms with Gasteiger partial charge in [0.1, 0.15) is 24.6 Å². The number of carbonyl (C=O) groups is 2. The van der Waals surface area contributed by atoms with Gasteiger partial charge in [-0.15, -0.1) is 0 Å². The Labute approximate surface area is 211 Å². The maximum absolute atomic E-state index is 13.0. The second-order valence-corrected chi connectivity index (χ2v) is 9.10. The van der Waals surface area contributed by atoms with Crippen molar-refractivity contribution in [2.45, 2.75) is 45.4 Å². The molecule has 0 spiro atoms. The van der Waals surface area contributed by atoms with Gasteiger partial charge in [0.2, 0.25) is 5.88 Å². The quantitative estimate of drug-likeness (QED) is 0.400. The molecule has 0 aliphatic carbocycles. The summed E-state index contributed by atoms with van der Waals surface area (Å²) in [5.41, 5.74) is 1.29. The molecule has 3 rings (SSSR count). The van der Waals surface area contributed by atoms with Gasteiger partial charge in [-0.1, -0.05) is 60.7 Å². The molecule has 0 aliphatic rings. The Morgan fingerprint density at radius 2 is 1.58 bits per heavy atom. The largest absolute Gasteiger partial charge is 0.490 e. The Bertz CT molecular complexity index is 1130. The molecule has 2 aromatic carbocycles. The minimum absolute atomic E-state index is 0.0697. The number of pyridine rings is 1. The summed E-state index contributed by atoms with van der Waals surface area (Å²) in [5, 5.41) is 2.87. The first-order chi connectivity index (χ1) is 17.2. The van der Waals surface area contributed by atoms with Gasteiger partial charge in [-0.05, 0) is 44.4 Å². The fourth-order valence-electron chi connectivity index (χ4n) is 3.40. The molecule has 3 aromatic rings. The van der Waals surface area contributed by atoms with Crippen molar-refractivity contribution in [1.82, 2.24) is 10.3 Å². The van der Waals surface area contributed by atoms with Gasteiger partial charge >= 0.3 is 12.1 Å². The van der Waals surface area contributed by atoms with Crippen molar-refractivity contribution in [2.24, 2.45) is 0 Å². The van der Waals surface area contributed by atoms with Crippen LogP contribution < -0.4 is 14.8 Å². The van der Waals surface area contributed by atoms with Crippen molar-refractivity contribution in [1.29, 1.82) is 0 Å². The van der Waals surface area contributed by atoms with Crippen molar-refractivity contribution in [3.8, 4) is 11.6 Å². The van der Waals surface area contributed by atoms with Crippen LogP contribution in [0, 0.1) is 0 Å². The average molecular weight is 493 g/mol. The van der Waals surface area contributed by atoms with Crippen molar-refractivity contribution in [3.63, 3.8) is 0 Å². The van der Waals surface area contributed by atoms with E-state index in [1.165, 1.54) is 13.3 Å². The molecule has 0 saturated carbocycles. The number of alkyl carbamates (subject to hydrolysis) is 1. The maximum atomic E-state index is 13.0. The van der Waals surface area contributed by atoms with Gasteiger partial charge in [-0.3, -0.25) is 0 Å². The van der Waals surface area contributed by atoms with Gasteiger partial charge in [-0.25, -0.2) is 14.6 Å². The van der Waals surface area contributed by atoms with Crippen LogP contribution in [0.2, 0.25) is 0 Å². The second kappa shape index (κ2) is 12.6. The van der Waals surface area contributed by atoms with Crippen LogP contribution in [0.5, 0.6) is 11.6 Å². The fraction of sp³-hybridized carbons (Fsp3) is 0.321. The highest BCUT2D eigenvalue weighted by Crippen LogP contribution is 2.28. The van der Waals surface area contributed by atoms with E-state index >= 15 is 0 Å². The van der Waals surface area contributed by atoms with Gasteiger partial charge in [0.15, 0.2) is 5.56 Å². The van der Waals surface area contributed by atoms with Crippen LogP contribution in [0.4, 0.5) is 4.79 Å². The van der Waals surface area contributed by atoms with E-state index < -0.39 is 23.7 Å². The lowest BCUT2D eigenvalue weighted by molar-refractivity contribution is 0.0449. The van der Waals surface area contributed by atoms with E-state index in [1.807, 2.05) is 60.7 Å². The summed E-state index contributed by atoms with van der Waals surface area (Å²) in [7, 11) is 1.42. The molecule has 0 saturated heterocycles.